The van der Waals surface area contributed by atoms with Crippen LogP contribution >= 0.6 is 0 Å². The number of nitrogens with zero attached hydrogens (tertiary/aromatic N) is 6. The quantitative estimate of drug-likeness (QED) is 0.358. The zero-order valence-electron chi connectivity index (χ0n) is 24.5. The molecule has 2 saturated heterocycles. The van der Waals surface area contributed by atoms with Gasteiger partial charge in [-0.2, -0.15) is 18.3 Å². The number of hydrogen-bond acceptors (Lipinski definition) is 8. The second-order valence-electron chi connectivity index (χ2n) is 11.4. The number of alkyl halides is 6. The molecule has 17 heteroatoms. The summed E-state index contributed by atoms with van der Waals surface area (Å²) in [5.41, 5.74) is 8.09. The van der Waals surface area contributed by atoms with Gasteiger partial charge in [0.25, 0.3) is 11.8 Å². The smallest absolute Gasteiger partial charge is 0.392 e. The minimum absolute atomic E-state index is 0.0746. The number of pyridine rings is 1. The van der Waals surface area contributed by atoms with E-state index in [2.05, 4.69) is 20.4 Å². The second kappa shape index (κ2) is 12.3. The van der Waals surface area contributed by atoms with Gasteiger partial charge in [0.2, 0.25) is 11.8 Å². The van der Waals surface area contributed by atoms with Crippen LogP contribution in [0.25, 0.3) is 16.8 Å². The maximum Gasteiger partial charge on any atom is 0.392 e. The summed E-state index contributed by atoms with van der Waals surface area (Å²) < 4.78 is 87.8. The van der Waals surface area contributed by atoms with Gasteiger partial charge in [0.05, 0.1) is 31.3 Å². The fourth-order valence-corrected chi connectivity index (χ4v) is 5.52. The summed E-state index contributed by atoms with van der Waals surface area (Å²) in [6.45, 7) is 0.768. The maximum atomic E-state index is 14.9. The van der Waals surface area contributed by atoms with Gasteiger partial charge in [0.1, 0.15) is 23.6 Å². The SMILES string of the molecule is COc1ncc(-c2cc(CN3CCC(F)(F)CC3)c3c(N)ncnn23)cc1C(=O)N[C@@H]1CN(C(=O)CC(C)C(F)(F)F)C[C@@H]1F. The third-order valence-corrected chi connectivity index (χ3v) is 8.19. The molecule has 3 N–H and O–H groups in total. The van der Waals surface area contributed by atoms with Crippen LogP contribution in [0, 0.1) is 5.92 Å². The Labute approximate surface area is 253 Å². The van der Waals surface area contributed by atoms with Crippen LogP contribution in [0.4, 0.5) is 32.2 Å². The standard InChI is InChI=1S/C28H32F6N8O3/c1-15(28(32,33)34)7-22(43)41-12-19(29)20(13-41)39-25(44)18-8-16(10-36-26(18)45-2)21-9-17(23-24(35)37-14-38-42(21)23)11-40-5-3-27(30,31)4-6-40/h8-10,14-15,19-20H,3-7,11-13H2,1-2H3,(H,39,44)(H2,35,37,38)/t15?,19-,20+/m0/s1. The van der Waals surface area contributed by atoms with Crippen molar-refractivity contribution in [2.45, 2.75) is 57.0 Å². The number of anilines is 1. The van der Waals surface area contributed by atoms with Gasteiger partial charge < -0.3 is 20.7 Å². The largest absolute Gasteiger partial charge is 0.480 e. The first-order valence-corrected chi connectivity index (χ1v) is 14.2. The fraction of sp³-hybridized carbons (Fsp3) is 0.536. The molecule has 244 valence electrons. The normalized spacial score (nSPS) is 21.2. The van der Waals surface area contributed by atoms with Crippen molar-refractivity contribution in [3.63, 3.8) is 0 Å². The van der Waals surface area contributed by atoms with Gasteiger partial charge in [-0.15, -0.1) is 0 Å². The van der Waals surface area contributed by atoms with Crippen LogP contribution in [0.15, 0.2) is 24.7 Å². The van der Waals surface area contributed by atoms with Crippen molar-refractivity contribution >= 4 is 23.1 Å². The number of carbonyl (C=O) groups is 2. The lowest BCUT2D eigenvalue weighted by atomic mass is 10.1. The molecular weight excluding hydrogens is 610 g/mol. The van der Waals surface area contributed by atoms with Crippen molar-refractivity contribution in [1.82, 2.24) is 34.7 Å². The Balaban J connectivity index is 1.37. The highest BCUT2D eigenvalue weighted by Gasteiger charge is 2.41. The lowest BCUT2D eigenvalue weighted by Crippen LogP contribution is -2.42. The molecular formula is C28H32F6N8O3. The number of nitrogens with two attached hydrogens (primary N) is 1. The third kappa shape index (κ3) is 6.92. The summed E-state index contributed by atoms with van der Waals surface area (Å²) in [4.78, 5) is 36.9. The van der Waals surface area contributed by atoms with Gasteiger partial charge in [-0.25, -0.2) is 27.7 Å². The predicted octanol–water partition coefficient (Wildman–Crippen LogP) is 3.48. The Kier molecular flexibility index (Phi) is 8.83. The first-order valence-electron chi connectivity index (χ1n) is 14.2. The number of fused-ring (bicyclic) bond motifs is 1. The van der Waals surface area contributed by atoms with Gasteiger partial charge in [-0.3, -0.25) is 14.5 Å². The summed E-state index contributed by atoms with van der Waals surface area (Å²) in [5, 5.41) is 6.80. The van der Waals surface area contributed by atoms with E-state index in [1.807, 2.05) is 4.90 Å². The topological polar surface area (TPSA) is 131 Å². The van der Waals surface area contributed by atoms with E-state index in [-0.39, 0.29) is 49.7 Å². The minimum atomic E-state index is -4.57. The number of rotatable bonds is 8. The van der Waals surface area contributed by atoms with E-state index >= 15 is 0 Å². The molecule has 1 unspecified atom stereocenters. The summed E-state index contributed by atoms with van der Waals surface area (Å²) in [5.74, 6) is -6.18. The third-order valence-electron chi connectivity index (χ3n) is 8.19. The number of ether oxygens (including phenoxy) is 1. The molecule has 3 aromatic rings. The van der Waals surface area contributed by atoms with Crippen molar-refractivity contribution < 1.29 is 40.7 Å². The molecule has 3 aromatic heterocycles. The van der Waals surface area contributed by atoms with Crippen LogP contribution in [-0.2, 0) is 11.3 Å². The van der Waals surface area contributed by atoms with Crippen LogP contribution < -0.4 is 15.8 Å². The van der Waals surface area contributed by atoms with E-state index < -0.39 is 55.0 Å². The molecule has 0 bridgehead atoms. The van der Waals surface area contributed by atoms with Gasteiger partial charge in [0.15, 0.2) is 5.82 Å². The molecule has 0 radical (unpaired) electrons. The Bertz CT molecular complexity index is 1570. The van der Waals surface area contributed by atoms with Gasteiger partial charge >= 0.3 is 6.18 Å². The Morgan fingerprint density at radius 1 is 1.18 bits per heavy atom. The number of nitrogen functional groups attached to an aromatic ring is 1. The molecule has 2 fully saturated rings. The lowest BCUT2D eigenvalue weighted by molar-refractivity contribution is -0.176. The van der Waals surface area contributed by atoms with Crippen molar-refractivity contribution in [1.29, 1.82) is 0 Å². The number of methoxy groups -OCH3 is 1. The van der Waals surface area contributed by atoms with E-state index in [1.54, 1.807) is 6.07 Å². The average Bonchev–Trinajstić information content (AvgIpc) is 3.54. The molecule has 2 amide bonds. The number of carbonyl (C=O) groups excluding carboxylic acids is 2. The molecule has 2 aliphatic heterocycles. The zero-order chi connectivity index (χ0) is 32.7. The van der Waals surface area contributed by atoms with Crippen LogP contribution in [0.5, 0.6) is 5.88 Å². The van der Waals surface area contributed by atoms with Gasteiger partial charge in [-0.1, -0.05) is 6.92 Å². The molecule has 2 aliphatic rings. The van der Waals surface area contributed by atoms with Gasteiger partial charge in [-0.05, 0) is 17.7 Å². The molecule has 0 saturated carbocycles. The Morgan fingerprint density at radius 2 is 1.89 bits per heavy atom. The van der Waals surface area contributed by atoms with E-state index in [0.29, 0.717) is 28.9 Å². The van der Waals surface area contributed by atoms with Crippen molar-refractivity contribution in [3.8, 4) is 17.1 Å². The van der Waals surface area contributed by atoms with Crippen LogP contribution in [-0.4, -0.2) is 98.8 Å². The van der Waals surface area contributed by atoms with E-state index in [9.17, 15) is 35.9 Å². The number of hydrogen-bond donors (Lipinski definition) is 2. The molecule has 5 rings (SSSR count). The maximum absolute atomic E-state index is 14.9. The van der Waals surface area contributed by atoms with Crippen LogP contribution in [0.2, 0.25) is 0 Å². The van der Waals surface area contributed by atoms with E-state index in [0.717, 1.165) is 11.8 Å². The van der Waals surface area contributed by atoms with Crippen LogP contribution in [0.3, 0.4) is 0 Å². The molecule has 5 heterocycles. The van der Waals surface area contributed by atoms with Crippen molar-refractivity contribution in [2.24, 2.45) is 5.92 Å². The lowest BCUT2D eigenvalue weighted by Gasteiger charge is -2.31. The molecule has 0 spiro atoms. The first kappa shape index (κ1) is 32.2. The highest BCUT2D eigenvalue weighted by atomic mass is 19.4. The fourth-order valence-electron chi connectivity index (χ4n) is 5.52. The van der Waals surface area contributed by atoms with Crippen molar-refractivity contribution in [3.05, 3.63) is 35.8 Å². The molecule has 3 atom stereocenters. The van der Waals surface area contributed by atoms with E-state index in [4.69, 9.17) is 10.5 Å². The predicted molar refractivity (Wildman–Crippen MR) is 149 cm³/mol. The summed E-state index contributed by atoms with van der Waals surface area (Å²) >= 11 is 0. The summed E-state index contributed by atoms with van der Waals surface area (Å²) in [6.07, 6.45) is -4.98. The first-order chi connectivity index (χ1) is 21.2. The average molecular weight is 643 g/mol. The number of aromatic nitrogens is 4. The number of amides is 2. The summed E-state index contributed by atoms with van der Waals surface area (Å²) in [6, 6.07) is 2.02. The number of piperidine rings is 1. The molecule has 45 heavy (non-hydrogen) atoms. The zero-order valence-corrected chi connectivity index (χ0v) is 24.5. The summed E-state index contributed by atoms with van der Waals surface area (Å²) in [7, 11) is 1.29. The van der Waals surface area contributed by atoms with E-state index in [1.165, 1.54) is 30.2 Å². The number of halogens is 6. The highest BCUT2D eigenvalue weighted by Crippen LogP contribution is 2.33. The Morgan fingerprint density at radius 3 is 2.56 bits per heavy atom. The number of likely N-dealkylation sites (tertiary alicyclic amines) is 2. The highest BCUT2D eigenvalue weighted by molar-refractivity contribution is 5.98. The number of nitrogens with one attached hydrogen (secondary N) is 1. The van der Waals surface area contributed by atoms with Crippen molar-refractivity contribution in [2.75, 3.05) is 39.0 Å². The monoisotopic (exact) mass is 642 g/mol. The molecule has 11 nitrogen and oxygen atoms in total. The minimum Gasteiger partial charge on any atom is -0.480 e. The second-order valence-corrected chi connectivity index (χ2v) is 11.4. The Hall–Kier alpha value is -4.15. The molecule has 0 aliphatic carbocycles. The van der Waals surface area contributed by atoms with Gasteiger partial charge in [0, 0.05) is 57.2 Å². The molecule has 0 aromatic carbocycles. The van der Waals surface area contributed by atoms with Crippen LogP contribution in [0.1, 0.15) is 42.1 Å².